The quantitative estimate of drug-likeness (QED) is 0.613. The number of nitrogens with zero attached hydrogens (tertiary/aromatic N) is 1. The van der Waals surface area contributed by atoms with E-state index in [2.05, 4.69) is 5.32 Å². The fourth-order valence-corrected chi connectivity index (χ4v) is 4.48. The second kappa shape index (κ2) is 8.68. The van der Waals surface area contributed by atoms with Crippen LogP contribution in [0, 0.1) is 13.8 Å². The molecule has 29 heavy (non-hydrogen) atoms. The van der Waals surface area contributed by atoms with Crippen molar-refractivity contribution in [3.63, 3.8) is 0 Å². The Bertz CT molecular complexity index is 1110. The number of hydrogen-bond donors (Lipinski definition) is 1. The van der Waals surface area contributed by atoms with E-state index in [0.717, 1.165) is 15.4 Å². The maximum absolute atomic E-state index is 13.3. The van der Waals surface area contributed by atoms with Crippen LogP contribution in [0.1, 0.15) is 11.1 Å². The average molecular weight is 429 g/mol. The molecule has 0 saturated heterocycles. The van der Waals surface area contributed by atoms with Gasteiger partial charge < -0.3 is 5.32 Å². The fourth-order valence-electron chi connectivity index (χ4n) is 2.83. The van der Waals surface area contributed by atoms with Crippen molar-refractivity contribution in [2.45, 2.75) is 18.7 Å². The molecule has 0 unspecified atom stereocenters. The summed E-state index contributed by atoms with van der Waals surface area (Å²) in [6.45, 7) is 3.34. The van der Waals surface area contributed by atoms with Gasteiger partial charge in [-0.2, -0.15) is 0 Å². The minimum absolute atomic E-state index is 0.127. The number of carbonyl (C=O) groups is 1. The Labute approximate surface area is 176 Å². The maximum Gasteiger partial charge on any atom is 0.264 e. The monoisotopic (exact) mass is 428 g/mol. The number of sulfonamides is 1. The van der Waals surface area contributed by atoms with Gasteiger partial charge in [0.1, 0.15) is 6.54 Å². The predicted molar refractivity (Wildman–Crippen MR) is 117 cm³/mol. The molecule has 0 aromatic heterocycles. The number of hydrogen-bond acceptors (Lipinski definition) is 3. The number of rotatable bonds is 6. The van der Waals surface area contributed by atoms with Gasteiger partial charge in [-0.15, -0.1) is 0 Å². The normalized spacial score (nSPS) is 11.1. The molecule has 3 aromatic rings. The van der Waals surface area contributed by atoms with Crippen LogP contribution in [0.5, 0.6) is 0 Å². The zero-order valence-electron chi connectivity index (χ0n) is 16.1. The molecule has 5 nitrogen and oxygen atoms in total. The number of halogens is 1. The Morgan fingerprint density at radius 3 is 2.24 bits per heavy atom. The number of carbonyl (C=O) groups excluding carboxylic acids is 1. The van der Waals surface area contributed by atoms with Gasteiger partial charge >= 0.3 is 0 Å². The third-order valence-electron chi connectivity index (χ3n) is 4.40. The molecule has 0 fully saturated rings. The summed E-state index contributed by atoms with van der Waals surface area (Å²) < 4.78 is 27.7. The van der Waals surface area contributed by atoms with Gasteiger partial charge in [-0.05, 0) is 61.9 Å². The first-order valence-electron chi connectivity index (χ1n) is 8.98. The summed E-state index contributed by atoms with van der Waals surface area (Å²) in [6.07, 6.45) is 0. The largest absolute Gasteiger partial charge is 0.324 e. The molecule has 0 spiro atoms. The predicted octanol–water partition coefficient (Wildman–Crippen LogP) is 4.79. The van der Waals surface area contributed by atoms with Crippen molar-refractivity contribution < 1.29 is 13.2 Å². The molecule has 1 amide bonds. The molecular formula is C22H21ClN2O3S. The summed E-state index contributed by atoms with van der Waals surface area (Å²) in [4.78, 5) is 12.8. The van der Waals surface area contributed by atoms with Crippen molar-refractivity contribution >= 4 is 38.9 Å². The highest BCUT2D eigenvalue weighted by Crippen LogP contribution is 2.24. The summed E-state index contributed by atoms with van der Waals surface area (Å²) in [5, 5.41) is 3.33. The van der Waals surface area contributed by atoms with Crippen molar-refractivity contribution in [2.75, 3.05) is 16.2 Å². The van der Waals surface area contributed by atoms with Crippen LogP contribution >= 0.6 is 11.6 Å². The molecule has 3 aromatic carbocycles. The van der Waals surface area contributed by atoms with Crippen molar-refractivity contribution in [3.05, 3.63) is 88.9 Å². The van der Waals surface area contributed by atoms with Gasteiger partial charge in [0.15, 0.2) is 0 Å². The molecule has 150 valence electrons. The lowest BCUT2D eigenvalue weighted by Crippen LogP contribution is -2.38. The topological polar surface area (TPSA) is 66.5 Å². The van der Waals surface area contributed by atoms with Gasteiger partial charge in [-0.25, -0.2) is 8.42 Å². The van der Waals surface area contributed by atoms with Gasteiger partial charge in [-0.3, -0.25) is 9.10 Å². The molecule has 0 aliphatic carbocycles. The van der Waals surface area contributed by atoms with Crippen LogP contribution in [0.15, 0.2) is 77.7 Å². The van der Waals surface area contributed by atoms with E-state index in [1.165, 1.54) is 0 Å². The summed E-state index contributed by atoms with van der Waals surface area (Å²) in [6, 6.07) is 20.2. The zero-order chi connectivity index (χ0) is 21.0. The first-order valence-corrected chi connectivity index (χ1v) is 10.8. The summed E-state index contributed by atoms with van der Waals surface area (Å²) >= 11 is 5.96. The van der Waals surface area contributed by atoms with Gasteiger partial charge in [-0.1, -0.05) is 47.5 Å². The minimum atomic E-state index is -3.92. The molecule has 0 radical (unpaired) electrons. The minimum Gasteiger partial charge on any atom is -0.324 e. The van der Waals surface area contributed by atoms with Crippen LogP contribution in [0.25, 0.3) is 0 Å². The van der Waals surface area contributed by atoms with Crippen LogP contribution in [0.2, 0.25) is 5.02 Å². The Hall–Kier alpha value is -2.83. The SMILES string of the molecule is Cc1ccc(S(=O)(=O)N(CC(=O)Nc2ccc(Cl)cc2C)c2ccccc2)cc1. The Morgan fingerprint density at radius 2 is 1.62 bits per heavy atom. The number of nitrogens with one attached hydrogen (secondary N) is 1. The summed E-state index contributed by atoms with van der Waals surface area (Å²) in [5.41, 5.74) is 2.74. The number of aryl methyl sites for hydroxylation is 2. The summed E-state index contributed by atoms with van der Waals surface area (Å²) in [7, 11) is -3.92. The molecule has 0 aliphatic rings. The lowest BCUT2D eigenvalue weighted by atomic mass is 10.2. The highest BCUT2D eigenvalue weighted by Gasteiger charge is 2.27. The number of para-hydroxylation sites is 1. The van der Waals surface area contributed by atoms with E-state index in [0.29, 0.717) is 16.4 Å². The van der Waals surface area contributed by atoms with E-state index in [1.54, 1.807) is 72.8 Å². The molecule has 0 aliphatic heterocycles. The standard InChI is InChI=1S/C22H21ClN2O3S/c1-16-8-11-20(12-9-16)29(27,28)25(19-6-4-3-5-7-19)15-22(26)24-21-13-10-18(23)14-17(21)2/h3-14H,15H2,1-2H3,(H,24,26). The van der Waals surface area contributed by atoms with Crippen LogP contribution < -0.4 is 9.62 Å². The number of amides is 1. The molecule has 7 heteroatoms. The third kappa shape index (κ3) is 4.96. The van der Waals surface area contributed by atoms with E-state index < -0.39 is 15.9 Å². The van der Waals surface area contributed by atoms with E-state index in [4.69, 9.17) is 11.6 Å². The molecule has 0 atom stereocenters. The van der Waals surface area contributed by atoms with Crippen LogP contribution in [0.3, 0.4) is 0 Å². The fraction of sp³-hybridized carbons (Fsp3) is 0.136. The van der Waals surface area contributed by atoms with Gasteiger partial charge in [0.2, 0.25) is 5.91 Å². The van der Waals surface area contributed by atoms with Gasteiger partial charge in [0, 0.05) is 10.7 Å². The first-order chi connectivity index (χ1) is 13.8. The van der Waals surface area contributed by atoms with Crippen molar-refractivity contribution in [1.82, 2.24) is 0 Å². The van der Waals surface area contributed by atoms with E-state index in [9.17, 15) is 13.2 Å². The van der Waals surface area contributed by atoms with Crippen molar-refractivity contribution in [2.24, 2.45) is 0 Å². The van der Waals surface area contributed by atoms with Gasteiger partial charge in [0.25, 0.3) is 10.0 Å². The lowest BCUT2D eigenvalue weighted by Gasteiger charge is -2.24. The van der Waals surface area contributed by atoms with Crippen LogP contribution in [-0.4, -0.2) is 20.9 Å². The average Bonchev–Trinajstić information content (AvgIpc) is 2.69. The molecule has 0 bridgehead atoms. The Balaban J connectivity index is 1.92. The summed E-state index contributed by atoms with van der Waals surface area (Å²) in [5.74, 6) is -0.449. The molecule has 1 N–H and O–H groups in total. The smallest absolute Gasteiger partial charge is 0.264 e. The Kier molecular flexibility index (Phi) is 6.25. The Morgan fingerprint density at radius 1 is 0.966 bits per heavy atom. The van der Waals surface area contributed by atoms with E-state index >= 15 is 0 Å². The second-order valence-corrected chi connectivity index (χ2v) is 8.97. The van der Waals surface area contributed by atoms with Crippen molar-refractivity contribution in [1.29, 1.82) is 0 Å². The van der Waals surface area contributed by atoms with Crippen LogP contribution in [-0.2, 0) is 14.8 Å². The lowest BCUT2D eigenvalue weighted by molar-refractivity contribution is -0.114. The van der Waals surface area contributed by atoms with Crippen molar-refractivity contribution in [3.8, 4) is 0 Å². The molecule has 0 heterocycles. The third-order valence-corrected chi connectivity index (χ3v) is 6.43. The highest BCUT2D eigenvalue weighted by molar-refractivity contribution is 7.92. The van der Waals surface area contributed by atoms with Gasteiger partial charge in [0.05, 0.1) is 10.6 Å². The first kappa shape index (κ1) is 20.9. The number of anilines is 2. The molecular weight excluding hydrogens is 408 g/mol. The van der Waals surface area contributed by atoms with Crippen LogP contribution in [0.4, 0.5) is 11.4 Å². The molecule has 3 rings (SSSR count). The van der Waals surface area contributed by atoms with E-state index in [1.807, 2.05) is 13.8 Å². The molecule has 0 saturated carbocycles. The maximum atomic E-state index is 13.3. The van der Waals surface area contributed by atoms with E-state index in [-0.39, 0.29) is 11.4 Å². The zero-order valence-corrected chi connectivity index (χ0v) is 17.7. The second-order valence-electron chi connectivity index (χ2n) is 6.67. The number of benzene rings is 3. The highest BCUT2D eigenvalue weighted by atomic mass is 35.5.